The van der Waals surface area contributed by atoms with Gasteiger partial charge in [-0.05, 0) is 31.5 Å². The summed E-state index contributed by atoms with van der Waals surface area (Å²) in [4.78, 5) is 11.1. The van der Waals surface area contributed by atoms with Crippen LogP contribution in [0.3, 0.4) is 0 Å². The van der Waals surface area contributed by atoms with Gasteiger partial charge in [-0.2, -0.15) is 0 Å². The van der Waals surface area contributed by atoms with Gasteiger partial charge in [0.2, 0.25) is 0 Å². The fourth-order valence-electron chi connectivity index (χ4n) is 1.90. The minimum absolute atomic E-state index is 0.403. The van der Waals surface area contributed by atoms with Crippen molar-refractivity contribution in [1.82, 2.24) is 4.57 Å². The van der Waals surface area contributed by atoms with Crippen LogP contribution in [0.5, 0.6) is 0 Å². The summed E-state index contributed by atoms with van der Waals surface area (Å²) in [6.45, 7) is 3.32. The van der Waals surface area contributed by atoms with Crippen LogP contribution in [0.2, 0.25) is 0 Å². The maximum atomic E-state index is 11.9. The first-order valence-electron chi connectivity index (χ1n) is 5.99. The fourth-order valence-corrected chi connectivity index (χ4v) is 3.71. The lowest BCUT2D eigenvalue weighted by Gasteiger charge is -2.28. The van der Waals surface area contributed by atoms with Gasteiger partial charge in [0.05, 0.1) is 15.1 Å². The van der Waals surface area contributed by atoms with Crippen molar-refractivity contribution < 1.29 is 12.8 Å². The zero-order valence-corrected chi connectivity index (χ0v) is 14.1. The molecule has 1 aromatic heterocycles. The highest BCUT2D eigenvalue weighted by Gasteiger charge is 2.38. The Kier molecular flexibility index (Phi) is 3.62. The third-order valence-corrected chi connectivity index (χ3v) is 7.80. The molecule has 0 aliphatic rings. The fraction of sp³-hybridized carbons (Fsp3) is 0.462. The number of fused-ring (bicyclic) bond motifs is 1. The van der Waals surface area contributed by atoms with Gasteiger partial charge in [-0.3, -0.25) is 4.57 Å². The van der Waals surface area contributed by atoms with Crippen molar-refractivity contribution in [1.29, 1.82) is 0 Å². The number of hydrogen-bond acceptors (Lipinski definition) is 4. The van der Waals surface area contributed by atoms with E-state index in [-0.39, 0.29) is 0 Å². The average molecular weight is 362 g/mol. The number of rotatable bonds is 3. The summed E-state index contributed by atoms with van der Waals surface area (Å²) in [5, 5.41) is 0. The molecule has 0 aliphatic carbocycles. The van der Waals surface area contributed by atoms with Crippen LogP contribution in [0.4, 0.5) is 0 Å². The van der Waals surface area contributed by atoms with Gasteiger partial charge in [0, 0.05) is 13.3 Å². The summed E-state index contributed by atoms with van der Waals surface area (Å²) < 4.78 is 29.3. The van der Waals surface area contributed by atoms with Gasteiger partial charge in [0.15, 0.2) is 15.4 Å². The van der Waals surface area contributed by atoms with Crippen molar-refractivity contribution in [3.05, 3.63) is 34.3 Å². The van der Waals surface area contributed by atoms with Crippen LogP contribution in [0.1, 0.15) is 24.2 Å². The molecule has 20 heavy (non-hydrogen) atoms. The molecule has 1 heterocycles. The van der Waals surface area contributed by atoms with E-state index in [1.54, 1.807) is 39.1 Å². The maximum Gasteiger partial charge on any atom is 0.419 e. The number of nitrogens with zero attached hydrogens (tertiary/aromatic N) is 1. The van der Waals surface area contributed by atoms with Gasteiger partial charge >= 0.3 is 5.76 Å². The molecule has 0 N–H and O–H groups in total. The zero-order valence-electron chi connectivity index (χ0n) is 11.7. The lowest BCUT2D eigenvalue weighted by Crippen LogP contribution is -2.35. The van der Waals surface area contributed by atoms with Gasteiger partial charge in [-0.25, -0.2) is 13.2 Å². The number of benzene rings is 1. The molecule has 2 rings (SSSR count). The van der Waals surface area contributed by atoms with Crippen molar-refractivity contribution in [3.8, 4) is 0 Å². The van der Waals surface area contributed by atoms with E-state index in [0.29, 0.717) is 11.1 Å². The Labute approximate surface area is 125 Å². The Hall–Kier alpha value is -1.08. The van der Waals surface area contributed by atoms with Crippen molar-refractivity contribution in [3.63, 3.8) is 0 Å². The molecule has 0 spiro atoms. The van der Waals surface area contributed by atoms with Crippen molar-refractivity contribution in [2.45, 2.75) is 23.4 Å². The minimum Gasteiger partial charge on any atom is -0.408 e. The van der Waals surface area contributed by atoms with Crippen LogP contribution in [0.25, 0.3) is 11.1 Å². The Morgan fingerprint density at radius 2 is 1.95 bits per heavy atom. The van der Waals surface area contributed by atoms with Crippen molar-refractivity contribution >= 4 is 36.9 Å². The van der Waals surface area contributed by atoms with Crippen LogP contribution in [-0.4, -0.2) is 24.0 Å². The van der Waals surface area contributed by atoms with Gasteiger partial charge in [0.1, 0.15) is 0 Å². The molecule has 0 saturated carbocycles. The summed E-state index contributed by atoms with van der Waals surface area (Å²) in [7, 11) is -1.63. The van der Waals surface area contributed by atoms with Gasteiger partial charge in [-0.15, -0.1) is 0 Å². The molecule has 1 unspecified atom stereocenters. The maximum absolute atomic E-state index is 11.9. The summed E-state index contributed by atoms with van der Waals surface area (Å²) in [5.41, 5.74) is 1.88. The Balaban J connectivity index is 2.57. The lowest BCUT2D eigenvalue weighted by atomic mass is 10.0. The van der Waals surface area contributed by atoms with E-state index in [4.69, 9.17) is 4.42 Å². The van der Waals surface area contributed by atoms with E-state index in [0.717, 1.165) is 5.56 Å². The van der Waals surface area contributed by atoms with E-state index >= 15 is 0 Å². The first-order valence-corrected chi connectivity index (χ1v) is 8.79. The second-order valence-corrected chi connectivity index (χ2v) is 8.90. The van der Waals surface area contributed by atoms with E-state index in [1.165, 1.54) is 10.8 Å². The molecule has 2 aromatic rings. The Morgan fingerprint density at radius 1 is 1.35 bits per heavy atom. The van der Waals surface area contributed by atoms with Crippen LogP contribution >= 0.6 is 15.9 Å². The highest BCUT2D eigenvalue weighted by Crippen LogP contribution is 2.39. The van der Waals surface area contributed by atoms with Gasteiger partial charge in [-0.1, -0.05) is 22.0 Å². The molecular weight excluding hydrogens is 346 g/mol. The van der Waals surface area contributed by atoms with E-state index < -0.39 is 25.2 Å². The van der Waals surface area contributed by atoms with E-state index in [9.17, 15) is 13.2 Å². The molecule has 0 bridgehead atoms. The standard InChI is InChI=1S/C13H16BrNO4S/c1-13(2,20(4,17)18)11(14)8-5-6-9-10(7-8)19-12(16)15(9)3/h5-7,11H,1-4H3. The van der Waals surface area contributed by atoms with E-state index in [2.05, 4.69) is 15.9 Å². The number of alkyl halides is 1. The molecule has 110 valence electrons. The Bertz CT molecular complexity index is 816. The van der Waals surface area contributed by atoms with Gasteiger partial charge in [0.25, 0.3) is 0 Å². The van der Waals surface area contributed by atoms with Crippen molar-refractivity contribution in [2.75, 3.05) is 6.26 Å². The first-order chi connectivity index (χ1) is 9.05. The average Bonchev–Trinajstić information content (AvgIpc) is 2.62. The highest BCUT2D eigenvalue weighted by molar-refractivity contribution is 9.09. The lowest BCUT2D eigenvalue weighted by molar-refractivity contribution is 0.527. The quantitative estimate of drug-likeness (QED) is 0.787. The number of halogens is 1. The summed E-state index contributed by atoms with van der Waals surface area (Å²) >= 11 is 3.45. The van der Waals surface area contributed by atoms with Crippen molar-refractivity contribution in [2.24, 2.45) is 7.05 Å². The molecule has 1 atom stereocenters. The molecule has 7 heteroatoms. The summed E-state index contributed by atoms with van der Waals surface area (Å²) in [6.07, 6.45) is 1.21. The smallest absolute Gasteiger partial charge is 0.408 e. The summed E-state index contributed by atoms with van der Waals surface area (Å²) in [5.74, 6) is -0.439. The van der Waals surface area contributed by atoms with Gasteiger partial charge < -0.3 is 4.42 Å². The van der Waals surface area contributed by atoms with Crippen LogP contribution in [0.15, 0.2) is 27.4 Å². The molecule has 1 aromatic carbocycles. The molecule has 0 aliphatic heterocycles. The molecular formula is C13H16BrNO4S. The number of sulfone groups is 1. The minimum atomic E-state index is -3.25. The predicted octanol–water partition coefficient (Wildman–Crippen LogP) is 2.39. The normalized spacial score (nSPS) is 14.7. The topological polar surface area (TPSA) is 69.3 Å². The predicted molar refractivity (Wildman–Crippen MR) is 82.0 cm³/mol. The number of oxazole rings is 1. The number of aromatic nitrogens is 1. The first kappa shape index (κ1) is 15.3. The SMILES string of the molecule is Cn1c(=O)oc2cc(C(Br)C(C)(C)S(C)(=O)=O)ccc21. The molecule has 0 amide bonds. The Morgan fingerprint density at radius 3 is 2.50 bits per heavy atom. The third-order valence-electron chi connectivity index (χ3n) is 3.68. The van der Waals surface area contributed by atoms with E-state index in [1.807, 2.05) is 0 Å². The van der Waals surface area contributed by atoms with Crippen LogP contribution < -0.4 is 5.76 Å². The third kappa shape index (κ3) is 2.33. The summed E-state index contributed by atoms with van der Waals surface area (Å²) in [6, 6.07) is 5.24. The molecule has 5 nitrogen and oxygen atoms in total. The van der Waals surface area contributed by atoms with Crippen LogP contribution in [0, 0.1) is 0 Å². The molecule has 0 saturated heterocycles. The second-order valence-electron chi connectivity index (χ2n) is 5.39. The second kappa shape index (κ2) is 4.73. The zero-order chi connectivity index (χ0) is 15.3. The number of aryl methyl sites for hydroxylation is 1. The molecule has 0 radical (unpaired) electrons. The largest absolute Gasteiger partial charge is 0.419 e. The van der Waals surface area contributed by atoms with Crippen LogP contribution in [-0.2, 0) is 16.9 Å². The molecule has 0 fully saturated rings. The monoisotopic (exact) mass is 361 g/mol. The number of hydrogen-bond donors (Lipinski definition) is 0. The highest BCUT2D eigenvalue weighted by atomic mass is 79.9.